The normalized spacial score (nSPS) is 12.8. The minimum atomic E-state index is -0.775. The number of unbranched alkanes of at least 4 members (excludes halogenated alkanes) is 26. The number of aliphatic hydroxyl groups excluding tert-OH is 1. The van der Waals surface area contributed by atoms with E-state index in [0.717, 1.165) is 77.0 Å². The summed E-state index contributed by atoms with van der Waals surface area (Å²) in [5, 5.41) is 9.60. The van der Waals surface area contributed by atoms with Crippen LogP contribution in [0.5, 0.6) is 0 Å². The number of carbonyl (C=O) groups excluding carboxylic acids is 2. The number of hydrogen-bond donors (Lipinski definition) is 1. The van der Waals surface area contributed by atoms with Crippen molar-refractivity contribution in [3.05, 3.63) is 72.9 Å². The lowest BCUT2D eigenvalue weighted by molar-refractivity contribution is -0.161. The lowest BCUT2D eigenvalue weighted by Gasteiger charge is -2.15. The Kier molecular flexibility index (Phi) is 48.4. The van der Waals surface area contributed by atoms with E-state index in [1.165, 1.54) is 141 Å². The molecule has 1 atom stereocenters. The molecule has 0 fully saturated rings. The molecule has 60 heavy (non-hydrogen) atoms. The van der Waals surface area contributed by atoms with Crippen molar-refractivity contribution in [2.24, 2.45) is 0 Å². The van der Waals surface area contributed by atoms with E-state index in [9.17, 15) is 14.7 Å². The highest BCUT2D eigenvalue weighted by atomic mass is 16.6. The summed E-state index contributed by atoms with van der Waals surface area (Å²) in [6.45, 7) is 4.01. The molecular weight excluding hydrogens is 741 g/mol. The summed E-state index contributed by atoms with van der Waals surface area (Å²) < 4.78 is 10.6. The zero-order valence-corrected chi connectivity index (χ0v) is 39.5. The molecule has 5 nitrogen and oxygen atoms in total. The number of ether oxygens (including phenoxy) is 2. The molecular formula is C55H96O5. The monoisotopic (exact) mass is 837 g/mol. The zero-order chi connectivity index (χ0) is 43.5. The van der Waals surface area contributed by atoms with Crippen molar-refractivity contribution in [1.29, 1.82) is 0 Å². The van der Waals surface area contributed by atoms with E-state index in [-0.39, 0.29) is 25.2 Å². The average molecular weight is 837 g/mol. The molecule has 346 valence electrons. The number of rotatable bonds is 46. The smallest absolute Gasteiger partial charge is 0.306 e. The van der Waals surface area contributed by atoms with Gasteiger partial charge in [0, 0.05) is 12.8 Å². The number of esters is 2. The van der Waals surface area contributed by atoms with E-state index >= 15 is 0 Å². The summed E-state index contributed by atoms with van der Waals surface area (Å²) >= 11 is 0. The van der Waals surface area contributed by atoms with E-state index in [0.29, 0.717) is 12.8 Å². The van der Waals surface area contributed by atoms with Crippen LogP contribution in [0.2, 0.25) is 0 Å². The van der Waals surface area contributed by atoms with Crippen LogP contribution in [0, 0.1) is 0 Å². The maximum absolute atomic E-state index is 12.3. The standard InChI is InChI=1S/C55H96O5/c1-3-5-7-9-11-13-15-17-18-19-20-21-22-23-24-25-26-27-28-29-30-31-32-33-34-35-36-38-40-42-44-46-48-50-55(58)60-53(51-56)52-59-54(57)49-47-45-43-41-39-37-16-14-12-10-8-6-4-2/h5,7,11,13-14,16-18,20-21,23-24,53,56H,3-4,6,8-10,12,15,19,22,25-52H2,1-2H3/b7-5-,13-11-,16-14-,18-17-,21-20-,24-23-. The lowest BCUT2D eigenvalue weighted by atomic mass is 10.0. The van der Waals surface area contributed by atoms with Crippen molar-refractivity contribution < 1.29 is 24.2 Å². The Bertz CT molecular complexity index is 1080. The SMILES string of the molecule is CC/C=C\C/C=C\C/C=C\C/C=C\C/C=C\CCCCCCCCCCCCCCCCCCCC(=O)OC(CO)COC(=O)CCCCCCC/C=C\CCCCCC. The second-order valence-corrected chi connectivity index (χ2v) is 16.9. The predicted molar refractivity (Wildman–Crippen MR) is 260 cm³/mol. The van der Waals surface area contributed by atoms with Crippen molar-refractivity contribution >= 4 is 11.9 Å². The van der Waals surface area contributed by atoms with Gasteiger partial charge < -0.3 is 14.6 Å². The first-order valence-electron chi connectivity index (χ1n) is 25.5. The molecule has 0 bridgehead atoms. The van der Waals surface area contributed by atoms with Gasteiger partial charge in [0.25, 0.3) is 0 Å². The van der Waals surface area contributed by atoms with E-state index < -0.39 is 6.10 Å². The Hall–Kier alpha value is -2.66. The number of aliphatic hydroxyl groups is 1. The van der Waals surface area contributed by atoms with Gasteiger partial charge in [-0.1, -0.05) is 222 Å². The van der Waals surface area contributed by atoms with Crippen molar-refractivity contribution in [3.63, 3.8) is 0 Å². The molecule has 0 saturated heterocycles. The minimum Gasteiger partial charge on any atom is -0.462 e. The summed E-state index contributed by atoms with van der Waals surface area (Å²) in [5.41, 5.74) is 0. The van der Waals surface area contributed by atoms with Crippen LogP contribution in [0.25, 0.3) is 0 Å². The molecule has 0 amide bonds. The van der Waals surface area contributed by atoms with Gasteiger partial charge in [0.1, 0.15) is 6.61 Å². The minimum absolute atomic E-state index is 0.0697. The van der Waals surface area contributed by atoms with Gasteiger partial charge in [-0.25, -0.2) is 0 Å². The lowest BCUT2D eigenvalue weighted by Crippen LogP contribution is -2.28. The zero-order valence-electron chi connectivity index (χ0n) is 39.5. The van der Waals surface area contributed by atoms with Gasteiger partial charge in [-0.3, -0.25) is 9.59 Å². The van der Waals surface area contributed by atoms with Crippen LogP contribution >= 0.6 is 0 Å². The second-order valence-electron chi connectivity index (χ2n) is 16.9. The molecule has 0 aromatic heterocycles. The van der Waals surface area contributed by atoms with Gasteiger partial charge in [0.15, 0.2) is 6.10 Å². The van der Waals surface area contributed by atoms with Crippen LogP contribution < -0.4 is 0 Å². The molecule has 0 rings (SSSR count). The molecule has 0 heterocycles. The third kappa shape index (κ3) is 48.0. The summed E-state index contributed by atoms with van der Waals surface area (Å²) in [6, 6.07) is 0. The van der Waals surface area contributed by atoms with E-state index in [2.05, 4.69) is 86.8 Å². The number of hydrogen-bond acceptors (Lipinski definition) is 5. The van der Waals surface area contributed by atoms with Gasteiger partial charge in [-0.05, 0) is 83.5 Å². The van der Waals surface area contributed by atoms with Gasteiger partial charge in [-0.2, -0.15) is 0 Å². The molecule has 0 aromatic rings. The summed E-state index contributed by atoms with van der Waals surface area (Å²) in [6.07, 6.45) is 68.6. The van der Waals surface area contributed by atoms with Crippen LogP contribution in [0.1, 0.15) is 245 Å². The van der Waals surface area contributed by atoms with Crippen molar-refractivity contribution in [3.8, 4) is 0 Å². The Morgan fingerprint density at radius 1 is 0.400 bits per heavy atom. The van der Waals surface area contributed by atoms with Gasteiger partial charge in [0.2, 0.25) is 0 Å². The maximum atomic E-state index is 12.3. The molecule has 1 N–H and O–H groups in total. The number of allylic oxidation sites excluding steroid dienone is 12. The Balaban J connectivity index is 3.46. The first-order chi connectivity index (χ1) is 29.6. The molecule has 0 aliphatic rings. The molecule has 0 aliphatic carbocycles. The van der Waals surface area contributed by atoms with Crippen LogP contribution in [0.4, 0.5) is 0 Å². The summed E-state index contributed by atoms with van der Waals surface area (Å²) in [5.74, 6) is -0.596. The molecule has 0 spiro atoms. The fraction of sp³-hybridized carbons (Fsp3) is 0.745. The molecule has 0 aliphatic heterocycles. The van der Waals surface area contributed by atoms with Crippen molar-refractivity contribution in [2.45, 2.75) is 251 Å². The Morgan fingerprint density at radius 2 is 0.717 bits per heavy atom. The summed E-state index contributed by atoms with van der Waals surface area (Å²) in [4.78, 5) is 24.4. The summed E-state index contributed by atoms with van der Waals surface area (Å²) in [7, 11) is 0. The Morgan fingerprint density at radius 3 is 1.10 bits per heavy atom. The molecule has 5 heteroatoms. The van der Waals surface area contributed by atoms with Crippen LogP contribution in [0.15, 0.2) is 72.9 Å². The quantitative estimate of drug-likeness (QED) is 0.0376. The predicted octanol–water partition coefficient (Wildman–Crippen LogP) is 16.9. The topological polar surface area (TPSA) is 72.8 Å². The molecule has 1 unspecified atom stereocenters. The molecule has 0 saturated carbocycles. The highest BCUT2D eigenvalue weighted by molar-refractivity contribution is 5.70. The van der Waals surface area contributed by atoms with E-state index in [1.807, 2.05) is 0 Å². The van der Waals surface area contributed by atoms with Gasteiger partial charge in [0.05, 0.1) is 6.61 Å². The highest BCUT2D eigenvalue weighted by Crippen LogP contribution is 2.16. The first kappa shape index (κ1) is 57.3. The molecule has 0 aromatic carbocycles. The third-order valence-corrected chi connectivity index (χ3v) is 11.0. The van der Waals surface area contributed by atoms with E-state index in [1.54, 1.807) is 0 Å². The van der Waals surface area contributed by atoms with Gasteiger partial charge >= 0.3 is 11.9 Å². The van der Waals surface area contributed by atoms with Crippen LogP contribution in [0.3, 0.4) is 0 Å². The fourth-order valence-corrected chi connectivity index (χ4v) is 7.17. The van der Waals surface area contributed by atoms with Gasteiger partial charge in [-0.15, -0.1) is 0 Å². The maximum Gasteiger partial charge on any atom is 0.306 e. The van der Waals surface area contributed by atoms with E-state index in [4.69, 9.17) is 9.47 Å². The van der Waals surface area contributed by atoms with Crippen LogP contribution in [-0.2, 0) is 19.1 Å². The van der Waals surface area contributed by atoms with Crippen molar-refractivity contribution in [1.82, 2.24) is 0 Å². The molecule has 0 radical (unpaired) electrons. The number of carbonyl (C=O) groups is 2. The van der Waals surface area contributed by atoms with Crippen LogP contribution in [-0.4, -0.2) is 36.4 Å². The Labute approximate surface area is 372 Å². The third-order valence-electron chi connectivity index (χ3n) is 11.0. The largest absolute Gasteiger partial charge is 0.462 e. The van der Waals surface area contributed by atoms with Crippen molar-refractivity contribution in [2.75, 3.05) is 13.2 Å². The fourth-order valence-electron chi connectivity index (χ4n) is 7.17. The second kappa shape index (κ2) is 50.7. The average Bonchev–Trinajstić information content (AvgIpc) is 3.25. The highest BCUT2D eigenvalue weighted by Gasteiger charge is 2.16. The first-order valence-corrected chi connectivity index (χ1v) is 25.5.